The molecule has 1 amide bonds. The lowest BCUT2D eigenvalue weighted by Gasteiger charge is -2.32. The zero-order valence-corrected chi connectivity index (χ0v) is 18.8. The van der Waals surface area contributed by atoms with Crippen LogP contribution in [0.25, 0.3) is 11.0 Å². The van der Waals surface area contributed by atoms with E-state index in [0.29, 0.717) is 43.4 Å². The van der Waals surface area contributed by atoms with E-state index in [4.69, 9.17) is 9.47 Å². The number of fused-ring (bicyclic) bond motifs is 1. The number of likely N-dealkylation sites (tertiary alicyclic amines) is 1. The minimum Gasteiger partial charge on any atom is -0.490 e. The Bertz CT molecular complexity index is 1130. The van der Waals surface area contributed by atoms with Crippen molar-refractivity contribution < 1.29 is 14.3 Å². The molecule has 0 unspecified atom stereocenters. The Labute approximate surface area is 187 Å². The SMILES string of the molecule is CCCOc1ccc(C(=O)N2CCC(n3c(=O)[nH]c4ccccc43)CC2)cc1OCCC. The lowest BCUT2D eigenvalue weighted by atomic mass is 10.0. The number of imidazole rings is 1. The van der Waals surface area contributed by atoms with Gasteiger partial charge in [0.1, 0.15) is 0 Å². The van der Waals surface area contributed by atoms with Gasteiger partial charge in [-0.2, -0.15) is 0 Å². The number of aromatic nitrogens is 2. The van der Waals surface area contributed by atoms with Crippen LogP contribution in [0.1, 0.15) is 55.9 Å². The standard InChI is InChI=1S/C25H31N3O4/c1-3-15-31-22-10-9-18(17-23(22)32-16-4-2)24(29)27-13-11-19(12-14-27)28-21-8-6-5-7-20(21)26-25(28)30/h5-10,17,19H,3-4,11-16H2,1-2H3,(H,26,30). The topological polar surface area (TPSA) is 76.6 Å². The summed E-state index contributed by atoms with van der Waals surface area (Å²) in [6.45, 7) is 6.49. The van der Waals surface area contributed by atoms with Crippen LogP contribution < -0.4 is 15.2 Å². The molecular formula is C25H31N3O4. The number of nitrogens with zero attached hydrogens (tertiary/aromatic N) is 2. The van der Waals surface area contributed by atoms with E-state index >= 15 is 0 Å². The normalized spacial score (nSPS) is 14.6. The van der Waals surface area contributed by atoms with E-state index in [1.807, 2.05) is 52.8 Å². The first kappa shape index (κ1) is 22.0. The molecule has 0 spiro atoms. The molecule has 2 heterocycles. The number of para-hydroxylation sites is 2. The van der Waals surface area contributed by atoms with Crippen LogP contribution in [0, 0.1) is 0 Å². The highest BCUT2D eigenvalue weighted by Crippen LogP contribution is 2.31. The molecule has 1 saturated heterocycles. The molecule has 4 rings (SSSR count). The summed E-state index contributed by atoms with van der Waals surface area (Å²) >= 11 is 0. The largest absolute Gasteiger partial charge is 0.490 e. The van der Waals surface area contributed by atoms with Gasteiger partial charge >= 0.3 is 5.69 Å². The molecule has 0 radical (unpaired) electrons. The van der Waals surface area contributed by atoms with E-state index < -0.39 is 0 Å². The van der Waals surface area contributed by atoms with Gasteiger partial charge in [0.25, 0.3) is 5.91 Å². The second kappa shape index (κ2) is 9.94. The van der Waals surface area contributed by atoms with Crippen molar-refractivity contribution in [3.63, 3.8) is 0 Å². The molecule has 32 heavy (non-hydrogen) atoms. The average Bonchev–Trinajstić information content (AvgIpc) is 3.17. The molecule has 0 saturated carbocycles. The summed E-state index contributed by atoms with van der Waals surface area (Å²) in [5.74, 6) is 1.28. The van der Waals surface area contributed by atoms with Crippen molar-refractivity contribution in [2.24, 2.45) is 0 Å². The number of rotatable bonds is 8. The second-order valence-electron chi connectivity index (χ2n) is 8.20. The van der Waals surface area contributed by atoms with Gasteiger partial charge in [-0.3, -0.25) is 9.36 Å². The van der Waals surface area contributed by atoms with Gasteiger partial charge in [-0.05, 0) is 56.0 Å². The summed E-state index contributed by atoms with van der Waals surface area (Å²) in [4.78, 5) is 30.5. The van der Waals surface area contributed by atoms with Crippen LogP contribution in [0.2, 0.25) is 0 Å². The van der Waals surface area contributed by atoms with Gasteiger partial charge in [0.05, 0.1) is 24.2 Å². The summed E-state index contributed by atoms with van der Waals surface area (Å²) in [6.07, 6.45) is 3.27. The smallest absolute Gasteiger partial charge is 0.326 e. The molecule has 1 fully saturated rings. The zero-order valence-electron chi connectivity index (χ0n) is 18.8. The number of ether oxygens (including phenoxy) is 2. The van der Waals surface area contributed by atoms with E-state index in [2.05, 4.69) is 11.9 Å². The minimum atomic E-state index is -0.0867. The van der Waals surface area contributed by atoms with E-state index in [0.717, 1.165) is 36.7 Å². The van der Waals surface area contributed by atoms with Crippen molar-refractivity contribution in [3.8, 4) is 11.5 Å². The van der Waals surface area contributed by atoms with Gasteiger partial charge in [-0.15, -0.1) is 0 Å². The highest BCUT2D eigenvalue weighted by Gasteiger charge is 2.27. The van der Waals surface area contributed by atoms with E-state index in [-0.39, 0.29) is 17.6 Å². The number of H-pyrrole nitrogens is 1. The van der Waals surface area contributed by atoms with Crippen molar-refractivity contribution >= 4 is 16.9 Å². The quantitative estimate of drug-likeness (QED) is 0.567. The number of hydrogen-bond donors (Lipinski definition) is 1. The maximum absolute atomic E-state index is 13.2. The van der Waals surface area contributed by atoms with E-state index in [1.165, 1.54) is 0 Å². The number of hydrogen-bond acceptors (Lipinski definition) is 4. The van der Waals surface area contributed by atoms with Crippen LogP contribution in [0.4, 0.5) is 0 Å². The number of aromatic amines is 1. The zero-order chi connectivity index (χ0) is 22.5. The summed E-state index contributed by atoms with van der Waals surface area (Å²) in [5, 5.41) is 0. The fourth-order valence-corrected chi connectivity index (χ4v) is 4.24. The molecule has 7 nitrogen and oxygen atoms in total. The number of amides is 1. The molecule has 2 aromatic carbocycles. The fraction of sp³-hybridized carbons (Fsp3) is 0.440. The van der Waals surface area contributed by atoms with Crippen molar-refractivity contribution in [3.05, 3.63) is 58.5 Å². The third kappa shape index (κ3) is 4.52. The van der Waals surface area contributed by atoms with Gasteiger partial charge in [0.2, 0.25) is 0 Å². The van der Waals surface area contributed by atoms with Crippen LogP contribution in [-0.2, 0) is 0 Å². The first-order chi connectivity index (χ1) is 15.6. The van der Waals surface area contributed by atoms with Gasteiger partial charge in [-0.25, -0.2) is 4.79 Å². The molecule has 3 aromatic rings. The Morgan fingerprint density at radius 1 is 1.00 bits per heavy atom. The van der Waals surface area contributed by atoms with Crippen molar-refractivity contribution in [1.29, 1.82) is 0 Å². The van der Waals surface area contributed by atoms with Gasteiger partial charge < -0.3 is 19.4 Å². The average molecular weight is 438 g/mol. The van der Waals surface area contributed by atoms with Crippen LogP contribution in [0.3, 0.4) is 0 Å². The molecule has 0 bridgehead atoms. The van der Waals surface area contributed by atoms with Gasteiger partial charge in [0, 0.05) is 24.7 Å². The third-order valence-corrected chi connectivity index (χ3v) is 5.85. The van der Waals surface area contributed by atoms with Crippen LogP contribution >= 0.6 is 0 Å². The van der Waals surface area contributed by atoms with Gasteiger partial charge in [-0.1, -0.05) is 26.0 Å². The Morgan fingerprint density at radius 3 is 2.41 bits per heavy atom. The van der Waals surface area contributed by atoms with Crippen molar-refractivity contribution in [2.75, 3.05) is 26.3 Å². The molecule has 1 aliphatic heterocycles. The Hall–Kier alpha value is -3.22. The predicted octanol–water partition coefficient (Wildman–Crippen LogP) is 4.38. The van der Waals surface area contributed by atoms with Crippen LogP contribution in [0.15, 0.2) is 47.3 Å². The highest BCUT2D eigenvalue weighted by molar-refractivity contribution is 5.95. The van der Waals surface area contributed by atoms with E-state index in [9.17, 15) is 9.59 Å². The summed E-state index contributed by atoms with van der Waals surface area (Å²) in [5.41, 5.74) is 2.28. The summed E-state index contributed by atoms with van der Waals surface area (Å²) < 4.78 is 13.5. The Balaban J connectivity index is 1.47. The van der Waals surface area contributed by atoms with Crippen LogP contribution in [-0.4, -0.2) is 46.7 Å². The molecule has 1 aliphatic rings. The maximum atomic E-state index is 13.2. The molecule has 7 heteroatoms. The molecule has 1 aromatic heterocycles. The lowest BCUT2D eigenvalue weighted by Crippen LogP contribution is -2.40. The second-order valence-corrected chi connectivity index (χ2v) is 8.20. The van der Waals surface area contributed by atoms with Crippen molar-refractivity contribution in [2.45, 2.75) is 45.6 Å². The first-order valence-corrected chi connectivity index (χ1v) is 11.5. The number of benzene rings is 2. The maximum Gasteiger partial charge on any atom is 0.326 e. The van der Waals surface area contributed by atoms with Gasteiger partial charge in [0.15, 0.2) is 11.5 Å². The first-order valence-electron chi connectivity index (χ1n) is 11.5. The number of carbonyl (C=O) groups is 1. The molecular weight excluding hydrogens is 406 g/mol. The number of carbonyl (C=O) groups excluding carboxylic acids is 1. The van der Waals surface area contributed by atoms with Crippen LogP contribution in [0.5, 0.6) is 11.5 Å². The molecule has 0 aliphatic carbocycles. The molecule has 0 atom stereocenters. The lowest BCUT2D eigenvalue weighted by molar-refractivity contribution is 0.0694. The molecule has 170 valence electrons. The Morgan fingerprint density at radius 2 is 1.69 bits per heavy atom. The van der Waals surface area contributed by atoms with E-state index in [1.54, 1.807) is 6.07 Å². The number of piperidine rings is 1. The Kier molecular flexibility index (Phi) is 6.83. The monoisotopic (exact) mass is 437 g/mol. The number of nitrogens with one attached hydrogen (secondary N) is 1. The van der Waals surface area contributed by atoms with Crippen molar-refractivity contribution in [1.82, 2.24) is 14.5 Å². The molecule has 1 N–H and O–H groups in total. The summed E-state index contributed by atoms with van der Waals surface area (Å²) in [6, 6.07) is 13.2. The summed E-state index contributed by atoms with van der Waals surface area (Å²) in [7, 11) is 0. The predicted molar refractivity (Wildman–Crippen MR) is 125 cm³/mol. The third-order valence-electron chi connectivity index (χ3n) is 5.85. The minimum absolute atomic E-state index is 0.0156. The fourth-order valence-electron chi connectivity index (χ4n) is 4.24. The highest BCUT2D eigenvalue weighted by atomic mass is 16.5.